The van der Waals surface area contributed by atoms with Crippen LogP contribution in [0, 0.1) is 5.92 Å². The summed E-state index contributed by atoms with van der Waals surface area (Å²) in [6, 6.07) is 4.09. The average molecular weight is 311 g/mol. The fraction of sp³-hybridized carbons (Fsp3) is 0.571. The molecule has 1 aliphatic rings. The number of anilines is 1. The minimum atomic E-state index is -4.46. The smallest absolute Gasteiger partial charge is 0.382 e. The summed E-state index contributed by atoms with van der Waals surface area (Å²) in [4.78, 5) is 0. The monoisotopic (exact) mass is 311 g/mol. The third-order valence-corrected chi connectivity index (χ3v) is 3.70. The highest BCUT2D eigenvalue weighted by atomic mass is 19.4. The lowest BCUT2D eigenvalue weighted by Gasteiger charge is -2.31. The van der Waals surface area contributed by atoms with Crippen molar-refractivity contribution in [2.24, 2.45) is 5.92 Å². The first-order chi connectivity index (χ1) is 9.66. The minimum Gasteiger partial charge on any atom is -0.382 e. The molecule has 0 saturated heterocycles. The predicted octanol–water partition coefficient (Wildman–Crippen LogP) is 5.24. The number of alkyl halides is 6. The van der Waals surface area contributed by atoms with Crippen LogP contribution in [0.3, 0.4) is 0 Å². The molecule has 21 heavy (non-hydrogen) atoms. The van der Waals surface area contributed by atoms with Crippen molar-refractivity contribution in [2.75, 3.05) is 5.32 Å². The molecule has 0 heterocycles. The minimum absolute atomic E-state index is 0.0876. The van der Waals surface area contributed by atoms with E-state index in [-0.39, 0.29) is 18.5 Å². The van der Waals surface area contributed by atoms with Gasteiger partial charge in [0.2, 0.25) is 0 Å². The first-order valence-electron chi connectivity index (χ1n) is 6.67. The van der Waals surface area contributed by atoms with Crippen LogP contribution < -0.4 is 5.32 Å². The second-order valence-corrected chi connectivity index (χ2v) is 5.32. The molecular formula is C14H15F6N. The van der Waals surface area contributed by atoms with Crippen molar-refractivity contribution < 1.29 is 26.3 Å². The van der Waals surface area contributed by atoms with Crippen LogP contribution in [0.5, 0.6) is 0 Å². The van der Waals surface area contributed by atoms with Crippen molar-refractivity contribution in [3.8, 4) is 0 Å². The van der Waals surface area contributed by atoms with Gasteiger partial charge in [0, 0.05) is 11.7 Å². The molecule has 0 amide bonds. The van der Waals surface area contributed by atoms with E-state index in [1.165, 1.54) is 12.1 Å². The fourth-order valence-electron chi connectivity index (χ4n) is 2.64. The van der Waals surface area contributed by atoms with Gasteiger partial charge in [-0.3, -0.25) is 0 Å². The second kappa shape index (κ2) is 5.77. The van der Waals surface area contributed by atoms with E-state index in [1.54, 1.807) is 0 Å². The zero-order valence-electron chi connectivity index (χ0n) is 11.1. The first kappa shape index (κ1) is 16.0. The Morgan fingerprint density at radius 2 is 1.71 bits per heavy atom. The largest absolute Gasteiger partial charge is 0.416 e. The van der Waals surface area contributed by atoms with E-state index in [4.69, 9.17) is 0 Å². The lowest BCUT2D eigenvalue weighted by Crippen LogP contribution is -2.34. The summed E-state index contributed by atoms with van der Waals surface area (Å²) in [5, 5.41) is 2.80. The summed E-state index contributed by atoms with van der Waals surface area (Å²) in [6.07, 6.45) is -7.76. The number of benzene rings is 1. The van der Waals surface area contributed by atoms with E-state index >= 15 is 0 Å². The maximum absolute atomic E-state index is 12.7. The topological polar surface area (TPSA) is 12.0 Å². The van der Waals surface area contributed by atoms with E-state index in [0.29, 0.717) is 12.8 Å². The molecule has 1 aromatic rings. The molecule has 0 bridgehead atoms. The van der Waals surface area contributed by atoms with Crippen LogP contribution in [-0.4, -0.2) is 12.2 Å². The first-order valence-corrected chi connectivity index (χ1v) is 6.67. The summed E-state index contributed by atoms with van der Waals surface area (Å²) in [6.45, 7) is 0. The van der Waals surface area contributed by atoms with E-state index in [1.807, 2.05) is 0 Å². The van der Waals surface area contributed by atoms with Crippen LogP contribution in [0.15, 0.2) is 24.3 Å². The summed E-state index contributed by atoms with van der Waals surface area (Å²) >= 11 is 0. The Bertz CT molecular complexity index is 479. The number of hydrogen-bond acceptors (Lipinski definition) is 1. The SMILES string of the molecule is FC(F)(F)c1cccc(NC2CCCC(C(F)(F)F)C2)c1. The Balaban J connectivity index is 2.05. The molecular weight excluding hydrogens is 296 g/mol. The molecule has 7 heteroatoms. The van der Waals surface area contributed by atoms with Crippen LogP contribution in [0.4, 0.5) is 32.0 Å². The van der Waals surface area contributed by atoms with E-state index < -0.39 is 29.9 Å². The van der Waals surface area contributed by atoms with Gasteiger partial charge in [-0.25, -0.2) is 0 Å². The Morgan fingerprint density at radius 1 is 1.00 bits per heavy atom. The van der Waals surface area contributed by atoms with Gasteiger partial charge in [-0.1, -0.05) is 12.5 Å². The van der Waals surface area contributed by atoms with E-state index in [0.717, 1.165) is 12.1 Å². The van der Waals surface area contributed by atoms with Crippen molar-refractivity contribution in [1.29, 1.82) is 0 Å². The van der Waals surface area contributed by atoms with Crippen molar-refractivity contribution in [2.45, 2.75) is 44.1 Å². The highest BCUT2D eigenvalue weighted by Gasteiger charge is 2.42. The Kier molecular flexibility index (Phi) is 4.39. The third-order valence-electron chi connectivity index (χ3n) is 3.70. The van der Waals surface area contributed by atoms with E-state index in [2.05, 4.69) is 5.32 Å². The molecule has 1 saturated carbocycles. The van der Waals surface area contributed by atoms with Gasteiger partial charge in [0.15, 0.2) is 0 Å². The van der Waals surface area contributed by atoms with Gasteiger partial charge in [0.25, 0.3) is 0 Å². The van der Waals surface area contributed by atoms with Crippen LogP contribution in [0.2, 0.25) is 0 Å². The molecule has 2 unspecified atom stereocenters. The number of rotatable bonds is 2. The van der Waals surface area contributed by atoms with Crippen molar-refractivity contribution in [3.05, 3.63) is 29.8 Å². The molecule has 0 aromatic heterocycles. The molecule has 1 nitrogen and oxygen atoms in total. The maximum atomic E-state index is 12.7. The molecule has 2 atom stereocenters. The normalized spacial score (nSPS) is 23.9. The highest BCUT2D eigenvalue weighted by molar-refractivity contribution is 5.47. The van der Waals surface area contributed by atoms with Gasteiger partial charge in [0.05, 0.1) is 11.5 Å². The molecule has 0 aliphatic heterocycles. The predicted molar refractivity (Wildman–Crippen MR) is 66.9 cm³/mol. The van der Waals surface area contributed by atoms with Crippen LogP contribution in [0.1, 0.15) is 31.2 Å². The lowest BCUT2D eigenvalue weighted by molar-refractivity contribution is -0.182. The summed E-state index contributed by atoms with van der Waals surface area (Å²) in [7, 11) is 0. The van der Waals surface area contributed by atoms with Crippen molar-refractivity contribution in [3.63, 3.8) is 0 Å². The summed E-state index contributed by atoms with van der Waals surface area (Å²) in [5.41, 5.74) is -0.603. The summed E-state index contributed by atoms with van der Waals surface area (Å²) < 4.78 is 75.9. The zero-order chi connectivity index (χ0) is 15.7. The number of nitrogens with one attached hydrogen (secondary N) is 1. The Labute approximate surface area is 118 Å². The van der Waals surface area contributed by atoms with Crippen molar-refractivity contribution >= 4 is 5.69 Å². The van der Waals surface area contributed by atoms with Crippen molar-refractivity contribution in [1.82, 2.24) is 0 Å². The Morgan fingerprint density at radius 3 is 2.33 bits per heavy atom. The Hall–Kier alpha value is -1.40. The zero-order valence-corrected chi connectivity index (χ0v) is 11.1. The number of halogens is 6. The van der Waals surface area contributed by atoms with Gasteiger partial charge >= 0.3 is 12.4 Å². The van der Waals surface area contributed by atoms with Crippen LogP contribution in [0.25, 0.3) is 0 Å². The van der Waals surface area contributed by atoms with Crippen LogP contribution >= 0.6 is 0 Å². The fourth-order valence-corrected chi connectivity index (χ4v) is 2.64. The van der Waals surface area contributed by atoms with Gasteiger partial charge in [-0.15, -0.1) is 0 Å². The molecule has 1 fully saturated rings. The van der Waals surface area contributed by atoms with Crippen LogP contribution in [-0.2, 0) is 6.18 Å². The van der Waals surface area contributed by atoms with Gasteiger partial charge in [-0.2, -0.15) is 26.3 Å². The lowest BCUT2D eigenvalue weighted by atomic mass is 9.85. The molecule has 0 spiro atoms. The van der Waals surface area contributed by atoms with E-state index in [9.17, 15) is 26.3 Å². The van der Waals surface area contributed by atoms with Gasteiger partial charge in [0.1, 0.15) is 0 Å². The molecule has 0 radical (unpaired) electrons. The van der Waals surface area contributed by atoms with Gasteiger partial charge < -0.3 is 5.32 Å². The molecule has 118 valence electrons. The quantitative estimate of drug-likeness (QED) is 0.737. The summed E-state index contributed by atoms with van der Waals surface area (Å²) in [5.74, 6) is -1.38. The third kappa shape index (κ3) is 4.28. The number of hydrogen-bond donors (Lipinski definition) is 1. The highest BCUT2D eigenvalue weighted by Crippen LogP contribution is 2.38. The maximum Gasteiger partial charge on any atom is 0.416 e. The molecule has 1 N–H and O–H groups in total. The molecule has 2 rings (SSSR count). The molecule has 1 aliphatic carbocycles. The molecule has 1 aromatic carbocycles. The average Bonchev–Trinajstić information content (AvgIpc) is 2.37. The van der Waals surface area contributed by atoms with Gasteiger partial charge in [-0.05, 0) is 37.5 Å². The second-order valence-electron chi connectivity index (χ2n) is 5.32. The standard InChI is InChI=1S/C14H15F6N/c15-13(16,17)9-3-1-5-11(7-9)21-12-6-2-4-10(8-12)14(18,19)20/h1,3,5,7,10,12,21H,2,4,6,8H2.